The fraction of sp³-hybridized carbons (Fsp3) is 0.214. The first-order valence-electron chi connectivity index (χ1n) is 7.10. The van der Waals surface area contributed by atoms with Gasteiger partial charge in [0.15, 0.2) is 0 Å². The fourth-order valence-corrected chi connectivity index (χ4v) is 2.02. The molecule has 0 aliphatic rings. The molecule has 26 heavy (non-hydrogen) atoms. The first kappa shape index (κ1) is 17.5. The zero-order valence-electron chi connectivity index (χ0n) is 13.2. The Hall–Kier alpha value is -3.28. The number of halogens is 3. The minimum Gasteiger partial charge on any atom is -0.329 e. The SMILES string of the molecule is CONC(=O)c1ncn(Cc2ccc(-c3noc(C(F)(F)F)n3)cc2)n1. The molecule has 3 rings (SSSR count). The van der Waals surface area contributed by atoms with Gasteiger partial charge in [-0.25, -0.2) is 15.1 Å². The molecule has 0 radical (unpaired) electrons. The van der Waals surface area contributed by atoms with Crippen LogP contribution in [0.2, 0.25) is 0 Å². The molecular formula is C14H11F3N6O3. The third kappa shape index (κ3) is 3.85. The Morgan fingerprint density at radius 1 is 1.31 bits per heavy atom. The van der Waals surface area contributed by atoms with Gasteiger partial charge < -0.3 is 4.52 Å². The standard InChI is InChI=1S/C14H11F3N6O3/c1-25-22-12(24)11-18-7-23(20-11)6-8-2-4-9(5-3-8)10-19-13(26-21-10)14(15,16)17/h2-5,7H,6H2,1H3,(H,22,24). The van der Waals surface area contributed by atoms with Gasteiger partial charge in [0.25, 0.3) is 0 Å². The second-order valence-corrected chi connectivity index (χ2v) is 5.02. The predicted molar refractivity (Wildman–Crippen MR) is 78.3 cm³/mol. The van der Waals surface area contributed by atoms with Crippen LogP contribution in [0.1, 0.15) is 22.1 Å². The summed E-state index contributed by atoms with van der Waals surface area (Å²) in [7, 11) is 1.29. The van der Waals surface area contributed by atoms with Gasteiger partial charge in [-0.1, -0.05) is 29.4 Å². The van der Waals surface area contributed by atoms with Crippen LogP contribution in [0.15, 0.2) is 35.1 Å². The number of nitrogens with zero attached hydrogens (tertiary/aromatic N) is 5. The fourth-order valence-electron chi connectivity index (χ4n) is 2.02. The molecule has 0 spiro atoms. The molecule has 0 bridgehead atoms. The largest absolute Gasteiger partial charge is 0.471 e. The molecular weight excluding hydrogens is 357 g/mol. The molecule has 0 fully saturated rings. The molecule has 2 aromatic heterocycles. The number of hydrogen-bond acceptors (Lipinski definition) is 7. The number of hydroxylamine groups is 1. The van der Waals surface area contributed by atoms with Crippen LogP contribution in [-0.4, -0.2) is 37.9 Å². The van der Waals surface area contributed by atoms with E-state index in [2.05, 4.69) is 35.1 Å². The Labute approximate surface area is 143 Å². The summed E-state index contributed by atoms with van der Waals surface area (Å²) < 4.78 is 43.1. The van der Waals surface area contributed by atoms with E-state index in [1.54, 1.807) is 24.3 Å². The van der Waals surface area contributed by atoms with Crippen molar-refractivity contribution in [2.45, 2.75) is 12.7 Å². The highest BCUT2D eigenvalue weighted by Gasteiger charge is 2.38. The smallest absolute Gasteiger partial charge is 0.329 e. The van der Waals surface area contributed by atoms with Crippen LogP contribution < -0.4 is 5.48 Å². The average molecular weight is 368 g/mol. The maximum absolute atomic E-state index is 12.5. The maximum Gasteiger partial charge on any atom is 0.471 e. The molecule has 0 saturated carbocycles. The molecule has 12 heteroatoms. The number of alkyl halides is 3. The lowest BCUT2D eigenvalue weighted by molar-refractivity contribution is -0.159. The quantitative estimate of drug-likeness (QED) is 0.683. The van der Waals surface area contributed by atoms with Gasteiger partial charge in [0.2, 0.25) is 11.6 Å². The van der Waals surface area contributed by atoms with Gasteiger partial charge in [0.05, 0.1) is 13.7 Å². The number of carbonyl (C=O) groups is 1. The highest BCUT2D eigenvalue weighted by Crippen LogP contribution is 2.29. The second-order valence-electron chi connectivity index (χ2n) is 5.02. The van der Waals surface area contributed by atoms with E-state index < -0.39 is 18.0 Å². The molecule has 2 heterocycles. The summed E-state index contributed by atoms with van der Waals surface area (Å²) in [5, 5.41) is 7.30. The topological polar surface area (TPSA) is 108 Å². The van der Waals surface area contributed by atoms with Crippen molar-refractivity contribution in [2.75, 3.05) is 7.11 Å². The molecule has 0 aliphatic carbocycles. The van der Waals surface area contributed by atoms with E-state index in [1.807, 2.05) is 0 Å². The van der Waals surface area contributed by atoms with Crippen LogP contribution in [0.4, 0.5) is 13.2 Å². The van der Waals surface area contributed by atoms with Crippen molar-refractivity contribution in [3.8, 4) is 11.4 Å². The van der Waals surface area contributed by atoms with Crippen LogP contribution in [-0.2, 0) is 17.6 Å². The minimum atomic E-state index is -4.69. The predicted octanol–water partition coefficient (Wildman–Crippen LogP) is 1.69. The third-order valence-electron chi connectivity index (χ3n) is 3.16. The minimum absolute atomic E-state index is 0.0602. The van der Waals surface area contributed by atoms with Crippen molar-refractivity contribution in [3.05, 3.63) is 47.9 Å². The van der Waals surface area contributed by atoms with Crippen molar-refractivity contribution in [1.82, 2.24) is 30.4 Å². The number of nitrogens with one attached hydrogen (secondary N) is 1. The van der Waals surface area contributed by atoms with Crippen molar-refractivity contribution < 1.29 is 27.3 Å². The van der Waals surface area contributed by atoms with Crippen LogP contribution in [0.5, 0.6) is 0 Å². The Balaban J connectivity index is 1.70. The van der Waals surface area contributed by atoms with Crippen LogP contribution in [0.25, 0.3) is 11.4 Å². The summed E-state index contributed by atoms with van der Waals surface area (Å²) in [4.78, 5) is 23.2. The Bertz CT molecular complexity index is 903. The van der Waals surface area contributed by atoms with Crippen molar-refractivity contribution >= 4 is 5.91 Å². The number of amides is 1. The van der Waals surface area contributed by atoms with Gasteiger partial charge in [-0.05, 0) is 5.56 Å². The Kier molecular flexibility index (Phi) is 4.67. The van der Waals surface area contributed by atoms with Gasteiger partial charge in [-0.2, -0.15) is 18.2 Å². The number of benzene rings is 1. The maximum atomic E-state index is 12.5. The van der Waals surface area contributed by atoms with Gasteiger partial charge in [0, 0.05) is 5.56 Å². The molecule has 1 aromatic carbocycles. The van der Waals surface area contributed by atoms with Gasteiger partial charge in [0.1, 0.15) is 6.33 Å². The normalized spacial score (nSPS) is 11.5. The van der Waals surface area contributed by atoms with Gasteiger partial charge in [-0.3, -0.25) is 9.63 Å². The van der Waals surface area contributed by atoms with E-state index in [9.17, 15) is 18.0 Å². The second kappa shape index (κ2) is 6.92. The summed E-state index contributed by atoms with van der Waals surface area (Å²) in [6.07, 6.45) is -3.32. The molecule has 0 atom stereocenters. The van der Waals surface area contributed by atoms with E-state index in [-0.39, 0.29) is 11.6 Å². The van der Waals surface area contributed by atoms with Crippen LogP contribution >= 0.6 is 0 Å². The lowest BCUT2D eigenvalue weighted by Crippen LogP contribution is -2.23. The summed E-state index contributed by atoms with van der Waals surface area (Å²) in [5.74, 6) is -2.21. The highest BCUT2D eigenvalue weighted by atomic mass is 19.4. The van der Waals surface area contributed by atoms with Crippen LogP contribution in [0, 0.1) is 0 Å². The lowest BCUT2D eigenvalue weighted by atomic mass is 10.1. The van der Waals surface area contributed by atoms with E-state index in [0.717, 1.165) is 5.56 Å². The molecule has 1 amide bonds. The first-order valence-corrected chi connectivity index (χ1v) is 7.10. The third-order valence-corrected chi connectivity index (χ3v) is 3.16. The zero-order valence-corrected chi connectivity index (χ0v) is 13.2. The van der Waals surface area contributed by atoms with Gasteiger partial charge >= 0.3 is 18.0 Å². The summed E-state index contributed by atoms with van der Waals surface area (Å²) >= 11 is 0. The van der Waals surface area contributed by atoms with E-state index in [0.29, 0.717) is 12.1 Å². The van der Waals surface area contributed by atoms with Crippen molar-refractivity contribution in [1.29, 1.82) is 0 Å². The Morgan fingerprint density at radius 2 is 2.04 bits per heavy atom. The van der Waals surface area contributed by atoms with E-state index in [1.165, 1.54) is 18.1 Å². The monoisotopic (exact) mass is 368 g/mol. The van der Waals surface area contributed by atoms with E-state index in [4.69, 9.17) is 0 Å². The molecule has 1 N–H and O–H groups in total. The Morgan fingerprint density at radius 3 is 2.65 bits per heavy atom. The highest BCUT2D eigenvalue weighted by molar-refractivity contribution is 5.89. The lowest BCUT2D eigenvalue weighted by Gasteiger charge is -2.02. The molecule has 0 aliphatic heterocycles. The van der Waals surface area contributed by atoms with Crippen molar-refractivity contribution in [2.24, 2.45) is 0 Å². The molecule has 0 unspecified atom stereocenters. The zero-order chi connectivity index (χ0) is 18.7. The number of hydrogen-bond donors (Lipinski definition) is 1. The van der Waals surface area contributed by atoms with Gasteiger partial charge in [-0.15, -0.1) is 5.10 Å². The molecule has 3 aromatic rings. The number of carbonyl (C=O) groups excluding carboxylic acids is 1. The van der Waals surface area contributed by atoms with Crippen LogP contribution in [0.3, 0.4) is 0 Å². The van der Waals surface area contributed by atoms with Crippen molar-refractivity contribution in [3.63, 3.8) is 0 Å². The summed E-state index contributed by atoms with van der Waals surface area (Å²) in [6, 6.07) is 6.43. The van der Waals surface area contributed by atoms with E-state index >= 15 is 0 Å². The molecule has 0 saturated heterocycles. The first-order chi connectivity index (χ1) is 12.4. The average Bonchev–Trinajstić information content (AvgIpc) is 3.25. The number of rotatable bonds is 5. The summed E-state index contributed by atoms with van der Waals surface area (Å²) in [5.41, 5.74) is 3.24. The number of aromatic nitrogens is 5. The molecule has 9 nitrogen and oxygen atoms in total. The molecule has 136 valence electrons. The summed E-state index contributed by atoms with van der Waals surface area (Å²) in [6.45, 7) is 0.299.